The molecule has 4 rings (SSSR count). The number of halogens is 2. The molecule has 0 amide bonds. The van der Waals surface area contributed by atoms with Crippen LogP contribution in [0.15, 0.2) is 18.2 Å². The Bertz CT molecular complexity index is 957. The van der Waals surface area contributed by atoms with Gasteiger partial charge in [0.1, 0.15) is 27.6 Å². The van der Waals surface area contributed by atoms with Crippen LogP contribution in [-0.2, 0) is 0 Å². The maximum absolute atomic E-state index is 10.6. The van der Waals surface area contributed by atoms with Gasteiger partial charge in [0.05, 0.1) is 5.39 Å². The molecule has 7 nitrogen and oxygen atoms in total. The standard InChI is InChI=1S/C17H18Cl2N6O/c1-17(20)2-4-25(5-3-17)13-8-10(26)14-15(23-24-16(14)22-13)9-6-11(18)21-12(19)7-9/h6-8H,2-5,20H2,1H3,(H2,22,23,24,26). The quantitative estimate of drug-likeness (QED) is 0.577. The van der Waals surface area contributed by atoms with Crippen molar-refractivity contribution in [2.45, 2.75) is 25.3 Å². The number of rotatable bonds is 2. The van der Waals surface area contributed by atoms with Gasteiger partial charge >= 0.3 is 0 Å². The lowest BCUT2D eigenvalue weighted by molar-refractivity contribution is 0.363. The summed E-state index contributed by atoms with van der Waals surface area (Å²) in [6, 6.07) is 4.94. The first-order valence-corrected chi connectivity index (χ1v) is 9.03. The summed E-state index contributed by atoms with van der Waals surface area (Å²) in [4.78, 5) is 10.7. The fraction of sp³-hybridized carbons (Fsp3) is 0.353. The number of aromatic hydroxyl groups is 1. The van der Waals surface area contributed by atoms with Crippen molar-refractivity contribution < 1.29 is 5.11 Å². The molecule has 0 atom stereocenters. The van der Waals surface area contributed by atoms with Gasteiger partial charge in [0.25, 0.3) is 0 Å². The number of pyridine rings is 2. The largest absolute Gasteiger partial charge is 0.507 e. The normalized spacial score (nSPS) is 17.0. The first-order chi connectivity index (χ1) is 12.3. The Morgan fingerprint density at radius 2 is 1.81 bits per heavy atom. The molecule has 136 valence electrons. The number of hydrogen-bond donors (Lipinski definition) is 3. The van der Waals surface area contributed by atoms with E-state index in [4.69, 9.17) is 28.9 Å². The van der Waals surface area contributed by atoms with Crippen molar-refractivity contribution in [3.63, 3.8) is 0 Å². The Kier molecular flexibility index (Phi) is 4.17. The van der Waals surface area contributed by atoms with Gasteiger partial charge in [-0.1, -0.05) is 23.2 Å². The molecule has 1 fully saturated rings. The number of anilines is 1. The third-order valence-electron chi connectivity index (χ3n) is 4.76. The van der Waals surface area contributed by atoms with E-state index in [9.17, 15) is 5.11 Å². The highest BCUT2D eigenvalue weighted by Gasteiger charge is 2.27. The van der Waals surface area contributed by atoms with Gasteiger partial charge in [0.15, 0.2) is 5.65 Å². The molecule has 1 aliphatic rings. The molecule has 0 bridgehead atoms. The first kappa shape index (κ1) is 17.3. The van der Waals surface area contributed by atoms with Gasteiger partial charge in [-0.2, -0.15) is 5.10 Å². The highest BCUT2D eigenvalue weighted by molar-refractivity contribution is 6.33. The predicted octanol–water partition coefficient (Wildman–Crippen LogP) is 3.35. The average molecular weight is 393 g/mol. The molecular formula is C17H18Cl2N6O. The molecule has 0 unspecified atom stereocenters. The Balaban J connectivity index is 1.74. The molecule has 3 aromatic rings. The van der Waals surface area contributed by atoms with Crippen LogP contribution < -0.4 is 10.6 Å². The zero-order valence-corrected chi connectivity index (χ0v) is 15.6. The number of aromatic amines is 1. The Morgan fingerprint density at radius 1 is 1.15 bits per heavy atom. The van der Waals surface area contributed by atoms with Crippen LogP contribution >= 0.6 is 23.2 Å². The van der Waals surface area contributed by atoms with E-state index in [1.165, 1.54) is 0 Å². The highest BCUT2D eigenvalue weighted by atomic mass is 35.5. The molecule has 3 aromatic heterocycles. The number of hydrogen-bond acceptors (Lipinski definition) is 6. The molecule has 0 radical (unpaired) electrons. The Hall–Kier alpha value is -2.09. The maximum atomic E-state index is 10.6. The van der Waals surface area contributed by atoms with Crippen molar-refractivity contribution in [3.05, 3.63) is 28.5 Å². The van der Waals surface area contributed by atoms with Crippen molar-refractivity contribution in [2.75, 3.05) is 18.0 Å². The monoisotopic (exact) mass is 392 g/mol. The second-order valence-electron chi connectivity index (χ2n) is 6.94. The summed E-state index contributed by atoms with van der Waals surface area (Å²) in [5.74, 6) is 0.797. The number of nitrogens with zero attached hydrogens (tertiary/aromatic N) is 4. The van der Waals surface area contributed by atoms with Crippen LogP contribution in [-0.4, -0.2) is 43.9 Å². The van der Waals surface area contributed by atoms with Gasteiger partial charge < -0.3 is 15.7 Å². The van der Waals surface area contributed by atoms with E-state index < -0.39 is 0 Å². The van der Waals surface area contributed by atoms with Gasteiger partial charge in [-0.05, 0) is 31.9 Å². The molecule has 1 aliphatic heterocycles. The average Bonchev–Trinajstić information content (AvgIpc) is 2.98. The van der Waals surface area contributed by atoms with E-state index >= 15 is 0 Å². The summed E-state index contributed by atoms with van der Waals surface area (Å²) in [5.41, 5.74) is 7.72. The molecule has 0 saturated carbocycles. The molecule has 9 heteroatoms. The molecule has 4 heterocycles. The van der Waals surface area contributed by atoms with Crippen LogP contribution in [0.1, 0.15) is 19.8 Å². The predicted molar refractivity (Wildman–Crippen MR) is 103 cm³/mol. The summed E-state index contributed by atoms with van der Waals surface area (Å²) in [5, 5.41) is 18.8. The van der Waals surface area contributed by atoms with Crippen LogP contribution in [0.5, 0.6) is 5.75 Å². The van der Waals surface area contributed by atoms with Crippen molar-refractivity contribution in [2.24, 2.45) is 5.73 Å². The summed E-state index contributed by atoms with van der Waals surface area (Å²) in [6.45, 7) is 3.65. The summed E-state index contributed by atoms with van der Waals surface area (Å²) >= 11 is 12.0. The minimum absolute atomic E-state index is 0.0962. The fourth-order valence-electron chi connectivity index (χ4n) is 3.22. The van der Waals surface area contributed by atoms with Gasteiger partial charge in [-0.15, -0.1) is 0 Å². The molecule has 0 aliphatic carbocycles. The molecule has 26 heavy (non-hydrogen) atoms. The van der Waals surface area contributed by atoms with E-state index in [0.717, 1.165) is 25.9 Å². The zero-order valence-electron chi connectivity index (χ0n) is 14.1. The minimum atomic E-state index is -0.149. The van der Waals surface area contributed by atoms with Gasteiger partial charge in [-0.25, -0.2) is 9.97 Å². The lowest BCUT2D eigenvalue weighted by Crippen LogP contribution is -2.48. The highest BCUT2D eigenvalue weighted by Crippen LogP contribution is 2.36. The van der Waals surface area contributed by atoms with Crippen LogP contribution in [0.25, 0.3) is 22.3 Å². The molecular weight excluding hydrogens is 375 g/mol. The van der Waals surface area contributed by atoms with Crippen molar-refractivity contribution >= 4 is 40.1 Å². The van der Waals surface area contributed by atoms with Gasteiger partial charge in [0.2, 0.25) is 0 Å². The van der Waals surface area contributed by atoms with E-state index in [1.54, 1.807) is 18.2 Å². The third kappa shape index (κ3) is 3.18. The number of aromatic nitrogens is 4. The number of nitrogens with one attached hydrogen (secondary N) is 1. The Labute approximate surface area is 160 Å². The van der Waals surface area contributed by atoms with E-state index in [-0.39, 0.29) is 21.6 Å². The summed E-state index contributed by atoms with van der Waals surface area (Å²) in [6.07, 6.45) is 1.74. The van der Waals surface area contributed by atoms with Crippen molar-refractivity contribution in [1.29, 1.82) is 0 Å². The van der Waals surface area contributed by atoms with Crippen LogP contribution in [0.2, 0.25) is 10.3 Å². The lowest BCUT2D eigenvalue weighted by atomic mass is 9.91. The second-order valence-corrected chi connectivity index (χ2v) is 7.71. The van der Waals surface area contributed by atoms with E-state index in [0.29, 0.717) is 28.1 Å². The van der Waals surface area contributed by atoms with Crippen molar-refractivity contribution in [3.8, 4) is 17.0 Å². The smallest absolute Gasteiger partial charge is 0.161 e. The second kappa shape index (κ2) is 6.26. The molecule has 4 N–H and O–H groups in total. The summed E-state index contributed by atoms with van der Waals surface area (Å²) in [7, 11) is 0. The zero-order chi connectivity index (χ0) is 18.5. The van der Waals surface area contributed by atoms with Crippen molar-refractivity contribution in [1.82, 2.24) is 20.2 Å². The number of nitrogens with two attached hydrogens (primary N) is 1. The summed E-state index contributed by atoms with van der Waals surface area (Å²) < 4.78 is 0. The number of piperidine rings is 1. The van der Waals surface area contributed by atoms with Gasteiger partial charge in [0, 0.05) is 30.3 Å². The van der Waals surface area contributed by atoms with Crippen LogP contribution in [0.4, 0.5) is 5.82 Å². The minimum Gasteiger partial charge on any atom is -0.507 e. The van der Waals surface area contributed by atoms with Gasteiger partial charge in [-0.3, -0.25) is 5.10 Å². The first-order valence-electron chi connectivity index (χ1n) is 8.28. The van der Waals surface area contributed by atoms with Crippen LogP contribution in [0.3, 0.4) is 0 Å². The lowest BCUT2D eigenvalue weighted by Gasteiger charge is -2.37. The third-order valence-corrected chi connectivity index (χ3v) is 5.15. The molecule has 0 aromatic carbocycles. The topological polar surface area (TPSA) is 104 Å². The number of H-pyrrole nitrogens is 1. The van der Waals surface area contributed by atoms with E-state index in [2.05, 4.69) is 32.0 Å². The molecule has 0 spiro atoms. The number of fused-ring (bicyclic) bond motifs is 1. The Morgan fingerprint density at radius 3 is 2.46 bits per heavy atom. The fourth-order valence-corrected chi connectivity index (χ4v) is 3.68. The van der Waals surface area contributed by atoms with Crippen LogP contribution in [0, 0.1) is 0 Å². The SMILES string of the molecule is CC1(N)CCN(c2cc(O)c3c(-c4cc(Cl)nc(Cl)c4)n[nH]c3n2)CC1. The molecule has 1 saturated heterocycles. The van der Waals surface area contributed by atoms with E-state index in [1.807, 2.05) is 0 Å². The maximum Gasteiger partial charge on any atom is 0.161 e.